The molecule has 3 aromatic rings. The normalized spacial score (nSPS) is 12.3. The first kappa shape index (κ1) is 20.9. The molecule has 0 bridgehead atoms. The molecule has 0 aliphatic rings. The molecule has 8 nitrogen and oxygen atoms in total. The number of amides is 1. The van der Waals surface area contributed by atoms with Gasteiger partial charge in [-0.1, -0.05) is 47.2 Å². The van der Waals surface area contributed by atoms with E-state index in [4.69, 9.17) is 4.74 Å². The highest BCUT2D eigenvalue weighted by molar-refractivity contribution is 7.91. The topological polar surface area (TPSA) is 110 Å². The van der Waals surface area contributed by atoms with Crippen molar-refractivity contribution >= 4 is 32.4 Å². The maximum Gasteiger partial charge on any atom is 0.270 e. The average Bonchev–Trinajstić information content (AvgIpc) is 3.17. The highest BCUT2D eigenvalue weighted by Gasteiger charge is 2.23. The Morgan fingerprint density at radius 1 is 1.10 bits per heavy atom. The molecule has 0 aliphatic heterocycles. The van der Waals surface area contributed by atoms with Gasteiger partial charge in [0.05, 0.1) is 6.04 Å². The summed E-state index contributed by atoms with van der Waals surface area (Å²) < 4.78 is 32.8. The van der Waals surface area contributed by atoms with Gasteiger partial charge < -0.3 is 4.74 Å². The van der Waals surface area contributed by atoms with Crippen LogP contribution in [-0.2, 0) is 10.0 Å². The van der Waals surface area contributed by atoms with Gasteiger partial charge in [-0.05, 0) is 38.1 Å². The second-order valence-electron chi connectivity index (χ2n) is 6.34. The summed E-state index contributed by atoms with van der Waals surface area (Å²) in [6.07, 6.45) is 0. The van der Waals surface area contributed by atoms with E-state index in [0.29, 0.717) is 11.3 Å². The summed E-state index contributed by atoms with van der Waals surface area (Å²) in [5.41, 5.74) is 1.55. The molecule has 0 saturated carbocycles. The fourth-order valence-corrected chi connectivity index (χ4v) is 4.47. The second kappa shape index (κ2) is 9.12. The number of nitrogens with one attached hydrogen (secondary N) is 2. The minimum Gasteiger partial charge on any atom is -0.492 e. The number of benzene rings is 2. The molecule has 1 amide bonds. The number of ether oxygens (including phenoxy) is 1. The van der Waals surface area contributed by atoms with Gasteiger partial charge in [0.2, 0.25) is 9.47 Å². The van der Waals surface area contributed by atoms with E-state index in [1.54, 1.807) is 37.3 Å². The molecule has 0 aliphatic carbocycles. The lowest BCUT2D eigenvalue weighted by atomic mass is 10.2. The van der Waals surface area contributed by atoms with Gasteiger partial charge in [-0.15, -0.1) is 10.2 Å². The molecule has 2 N–H and O–H groups in total. The van der Waals surface area contributed by atoms with Gasteiger partial charge in [0.1, 0.15) is 12.4 Å². The van der Waals surface area contributed by atoms with E-state index < -0.39 is 22.0 Å². The molecule has 1 atom stereocenters. The summed E-state index contributed by atoms with van der Waals surface area (Å²) in [7, 11) is -3.89. The molecule has 0 saturated heterocycles. The average molecular weight is 433 g/mol. The van der Waals surface area contributed by atoms with Crippen LogP contribution in [0.2, 0.25) is 0 Å². The van der Waals surface area contributed by atoms with Gasteiger partial charge in [0.25, 0.3) is 15.9 Å². The van der Waals surface area contributed by atoms with E-state index >= 15 is 0 Å². The Labute approximate surface area is 173 Å². The summed E-state index contributed by atoms with van der Waals surface area (Å²) in [4.78, 5) is 12.1. The molecule has 152 valence electrons. The minimum absolute atomic E-state index is 0.0998. The Morgan fingerprint density at radius 2 is 1.79 bits per heavy atom. The highest BCUT2D eigenvalue weighted by Crippen LogP contribution is 2.21. The standard InChI is InChI=1S/C19H20N4O4S2/c1-13-8-10-16(11-9-13)27-12-14(2)23-29(25,26)19-22-21-18(28-19)20-17(24)15-6-4-3-5-7-15/h3-11,14,23H,12H2,1-2H3,(H,20,21,24)/t14-/m1/s1. The Balaban J connectivity index is 1.58. The van der Waals surface area contributed by atoms with E-state index in [-0.39, 0.29) is 16.1 Å². The molecule has 0 fully saturated rings. The molecular formula is C19H20N4O4S2. The van der Waals surface area contributed by atoms with Crippen molar-refractivity contribution in [3.8, 4) is 5.75 Å². The van der Waals surface area contributed by atoms with Gasteiger partial charge in [0, 0.05) is 5.56 Å². The number of aromatic nitrogens is 2. The first-order valence-electron chi connectivity index (χ1n) is 8.75. The third kappa shape index (κ3) is 5.83. The van der Waals surface area contributed by atoms with E-state index in [1.807, 2.05) is 31.2 Å². The smallest absolute Gasteiger partial charge is 0.270 e. The molecule has 10 heteroatoms. The number of nitrogens with zero attached hydrogens (tertiary/aromatic N) is 2. The molecule has 0 spiro atoms. The Bertz CT molecular complexity index is 1070. The van der Waals surface area contributed by atoms with Crippen LogP contribution >= 0.6 is 11.3 Å². The maximum absolute atomic E-state index is 12.5. The lowest BCUT2D eigenvalue weighted by Crippen LogP contribution is -2.36. The van der Waals surface area contributed by atoms with Crippen molar-refractivity contribution in [1.29, 1.82) is 0 Å². The van der Waals surface area contributed by atoms with E-state index in [9.17, 15) is 13.2 Å². The third-order valence-corrected chi connectivity index (χ3v) is 6.57. The van der Waals surface area contributed by atoms with E-state index in [2.05, 4.69) is 20.2 Å². The van der Waals surface area contributed by atoms with Crippen molar-refractivity contribution in [2.75, 3.05) is 11.9 Å². The number of carbonyl (C=O) groups excluding carboxylic acids is 1. The van der Waals surface area contributed by atoms with E-state index in [1.165, 1.54) is 0 Å². The first-order chi connectivity index (χ1) is 13.8. The van der Waals surface area contributed by atoms with Gasteiger partial charge >= 0.3 is 0 Å². The van der Waals surface area contributed by atoms with Crippen LogP contribution in [0.3, 0.4) is 0 Å². The van der Waals surface area contributed by atoms with Crippen LogP contribution in [0.15, 0.2) is 58.9 Å². The number of hydrogen-bond donors (Lipinski definition) is 2. The minimum atomic E-state index is -3.89. The molecule has 29 heavy (non-hydrogen) atoms. The fraction of sp³-hybridized carbons (Fsp3) is 0.211. The third-order valence-electron chi connectivity index (χ3n) is 3.77. The van der Waals surface area contributed by atoms with Crippen molar-refractivity contribution < 1.29 is 17.9 Å². The van der Waals surface area contributed by atoms with Crippen LogP contribution in [0, 0.1) is 6.92 Å². The lowest BCUT2D eigenvalue weighted by Gasteiger charge is -2.14. The number of sulfonamides is 1. The van der Waals surface area contributed by atoms with E-state index in [0.717, 1.165) is 16.9 Å². The van der Waals surface area contributed by atoms with Crippen molar-refractivity contribution in [2.24, 2.45) is 0 Å². The lowest BCUT2D eigenvalue weighted by molar-refractivity contribution is 0.102. The predicted octanol–water partition coefficient (Wildman–Crippen LogP) is 2.84. The molecule has 3 rings (SSSR count). The largest absolute Gasteiger partial charge is 0.492 e. The molecule has 2 aromatic carbocycles. The maximum atomic E-state index is 12.5. The predicted molar refractivity (Wildman–Crippen MR) is 111 cm³/mol. The summed E-state index contributed by atoms with van der Waals surface area (Å²) in [5, 5.41) is 10.1. The number of hydrogen-bond acceptors (Lipinski definition) is 7. The van der Waals surface area contributed by atoms with Crippen LogP contribution in [0.25, 0.3) is 0 Å². The second-order valence-corrected chi connectivity index (χ2v) is 9.20. The van der Waals surface area contributed by atoms with Crippen molar-refractivity contribution in [1.82, 2.24) is 14.9 Å². The Hall–Kier alpha value is -2.82. The zero-order valence-corrected chi connectivity index (χ0v) is 17.5. The van der Waals surface area contributed by atoms with Crippen LogP contribution in [0.1, 0.15) is 22.8 Å². The molecule has 1 aromatic heterocycles. The highest BCUT2D eigenvalue weighted by atomic mass is 32.2. The fourth-order valence-electron chi connectivity index (χ4n) is 2.33. The summed E-state index contributed by atoms with van der Waals surface area (Å²) in [6.45, 7) is 3.81. The SMILES string of the molecule is Cc1ccc(OC[C@@H](C)NS(=O)(=O)c2nnc(NC(=O)c3ccccc3)s2)cc1. The summed E-state index contributed by atoms with van der Waals surface area (Å²) in [6, 6.07) is 15.5. The van der Waals surface area contributed by atoms with Crippen LogP contribution < -0.4 is 14.8 Å². The van der Waals surface area contributed by atoms with Gasteiger partial charge in [-0.3, -0.25) is 10.1 Å². The zero-order chi connectivity index (χ0) is 20.9. The van der Waals surface area contributed by atoms with Crippen molar-refractivity contribution in [3.05, 3.63) is 65.7 Å². The number of rotatable bonds is 8. The summed E-state index contributed by atoms with van der Waals surface area (Å²) in [5.74, 6) is 0.266. The van der Waals surface area contributed by atoms with Crippen molar-refractivity contribution in [3.63, 3.8) is 0 Å². The Kier molecular flexibility index (Phi) is 6.57. The molecular weight excluding hydrogens is 412 g/mol. The van der Waals surface area contributed by atoms with Gasteiger partial charge in [-0.2, -0.15) is 0 Å². The monoisotopic (exact) mass is 432 g/mol. The van der Waals surface area contributed by atoms with Crippen LogP contribution in [0.4, 0.5) is 5.13 Å². The quantitative estimate of drug-likeness (QED) is 0.530. The first-order valence-corrected chi connectivity index (χ1v) is 11.0. The number of anilines is 1. The molecule has 1 heterocycles. The summed E-state index contributed by atoms with van der Waals surface area (Å²) >= 11 is 0.775. The zero-order valence-electron chi connectivity index (χ0n) is 15.8. The van der Waals surface area contributed by atoms with Gasteiger partial charge in [0.15, 0.2) is 0 Å². The Morgan fingerprint density at radius 3 is 2.48 bits per heavy atom. The van der Waals surface area contributed by atoms with Crippen LogP contribution in [0.5, 0.6) is 5.75 Å². The van der Waals surface area contributed by atoms with Crippen molar-refractivity contribution in [2.45, 2.75) is 24.2 Å². The molecule has 0 unspecified atom stereocenters. The van der Waals surface area contributed by atoms with Gasteiger partial charge in [-0.25, -0.2) is 13.1 Å². The number of carbonyl (C=O) groups is 1. The number of aryl methyl sites for hydroxylation is 1. The van der Waals surface area contributed by atoms with Crippen LogP contribution in [-0.4, -0.2) is 37.2 Å². The molecule has 0 radical (unpaired) electrons.